The van der Waals surface area contributed by atoms with Gasteiger partial charge >= 0.3 is 37.7 Å². The minimum Gasteiger partial charge on any atom is -0.870 e. The van der Waals surface area contributed by atoms with Crippen molar-refractivity contribution in [1.29, 1.82) is 0 Å². The van der Waals surface area contributed by atoms with Gasteiger partial charge in [-0.25, -0.2) is 0 Å². The predicted octanol–water partition coefficient (Wildman–Crippen LogP) is -1.65. The van der Waals surface area contributed by atoms with Crippen molar-refractivity contribution >= 4 is 55.1 Å². The minimum atomic E-state index is 0. The molecule has 0 aliphatic carbocycles. The van der Waals surface area contributed by atoms with Gasteiger partial charge in [-0.2, -0.15) is 0 Å². The molecule has 0 aromatic carbocycles. The fraction of sp³-hybridized carbons (Fsp3) is 0. The van der Waals surface area contributed by atoms with Gasteiger partial charge in [-0.15, -0.1) is 0 Å². The van der Waals surface area contributed by atoms with Crippen LogP contribution in [0.15, 0.2) is 0 Å². The van der Waals surface area contributed by atoms with Gasteiger partial charge < -0.3 is 27.4 Å². The summed E-state index contributed by atoms with van der Waals surface area (Å²) in [6.45, 7) is 0. The van der Waals surface area contributed by atoms with E-state index < -0.39 is 0 Å². The smallest absolute Gasteiger partial charge is 0.870 e. The van der Waals surface area contributed by atoms with Crippen molar-refractivity contribution < 1.29 is 27.4 Å². The van der Waals surface area contributed by atoms with Crippen molar-refractivity contribution in [1.82, 2.24) is 0 Å². The molecule has 0 atom stereocenters. The van der Waals surface area contributed by atoms with E-state index in [0.717, 1.165) is 0 Å². The summed E-state index contributed by atoms with van der Waals surface area (Å²) in [5.41, 5.74) is 0. The van der Waals surface area contributed by atoms with E-state index in [1.165, 1.54) is 0 Å². The standard InChI is InChI=1S/Al.Ca.5H2O/h;;5*1H2/q;+2;;;;;/p-5. The van der Waals surface area contributed by atoms with E-state index in [1.54, 1.807) is 0 Å². The second kappa shape index (κ2) is 130. The fourth-order valence-electron chi connectivity index (χ4n) is 0. The third-order valence-electron chi connectivity index (χ3n) is 0. The number of hydrogen-bond donors (Lipinski definition) is 0. The molecule has 0 spiro atoms. The van der Waals surface area contributed by atoms with Crippen LogP contribution in [0.1, 0.15) is 0 Å². The molecular formula is H5AlCaO5-3. The molecule has 0 rings (SSSR count). The van der Waals surface area contributed by atoms with Crippen LogP contribution < -0.4 is 0 Å². The van der Waals surface area contributed by atoms with Crippen molar-refractivity contribution in [3.05, 3.63) is 0 Å². The molecule has 7 heteroatoms. The Balaban J connectivity index is 0. The number of rotatable bonds is 0. The van der Waals surface area contributed by atoms with Crippen LogP contribution in [-0.4, -0.2) is 82.5 Å². The number of hydrogen-bond acceptors (Lipinski definition) is 5. The quantitative estimate of drug-likeness (QED) is 0.381. The summed E-state index contributed by atoms with van der Waals surface area (Å²) in [5, 5.41) is 0. The zero-order valence-electron chi connectivity index (χ0n) is 3.52. The van der Waals surface area contributed by atoms with Crippen molar-refractivity contribution in [2.24, 2.45) is 0 Å². The van der Waals surface area contributed by atoms with Crippen LogP contribution in [0, 0.1) is 0 Å². The molecule has 0 bridgehead atoms. The molecule has 5 N–H and O–H groups in total. The predicted molar refractivity (Wildman–Crippen MR) is 21.2 cm³/mol. The van der Waals surface area contributed by atoms with Gasteiger partial charge in [0.05, 0.1) is 0 Å². The second-order valence-corrected chi connectivity index (χ2v) is 0. The van der Waals surface area contributed by atoms with Gasteiger partial charge in [0, 0.05) is 17.4 Å². The van der Waals surface area contributed by atoms with Gasteiger partial charge in [0.2, 0.25) is 0 Å². The molecule has 0 aliphatic rings. The average Bonchev–Trinajstić information content (AvgIpc) is 0. The summed E-state index contributed by atoms with van der Waals surface area (Å²) in [6.07, 6.45) is 0. The Morgan fingerprint density at radius 2 is 0.429 bits per heavy atom. The molecule has 0 aromatic heterocycles. The van der Waals surface area contributed by atoms with Crippen LogP contribution in [0.3, 0.4) is 0 Å². The Labute approximate surface area is 81.8 Å². The van der Waals surface area contributed by atoms with E-state index in [2.05, 4.69) is 0 Å². The second-order valence-electron chi connectivity index (χ2n) is 0. The van der Waals surface area contributed by atoms with Crippen LogP contribution in [0.25, 0.3) is 0 Å². The third-order valence-corrected chi connectivity index (χ3v) is 0. The first kappa shape index (κ1) is 195. The Morgan fingerprint density at radius 3 is 0.429 bits per heavy atom. The van der Waals surface area contributed by atoms with Gasteiger partial charge in [-0.1, -0.05) is 0 Å². The topological polar surface area (TPSA) is 150 Å². The van der Waals surface area contributed by atoms with Crippen molar-refractivity contribution in [3.63, 3.8) is 0 Å². The largest absolute Gasteiger partial charge is 2.00 e. The van der Waals surface area contributed by atoms with Gasteiger partial charge in [-0.3, -0.25) is 0 Å². The Kier molecular flexibility index (Phi) is 3630. The summed E-state index contributed by atoms with van der Waals surface area (Å²) < 4.78 is 0. The maximum absolute atomic E-state index is 0. The first-order valence-corrected chi connectivity index (χ1v) is 0. The first-order valence-electron chi connectivity index (χ1n) is 0. The molecule has 5 nitrogen and oxygen atoms in total. The molecular weight excluding hydrogens is 147 g/mol. The van der Waals surface area contributed by atoms with Crippen LogP contribution >= 0.6 is 0 Å². The molecule has 0 unspecified atom stereocenters. The van der Waals surface area contributed by atoms with Gasteiger partial charge in [0.1, 0.15) is 0 Å². The maximum Gasteiger partial charge on any atom is 2.00 e. The Hall–Kier alpha value is 1.59. The van der Waals surface area contributed by atoms with E-state index in [1.807, 2.05) is 0 Å². The summed E-state index contributed by atoms with van der Waals surface area (Å²) in [4.78, 5) is 0. The minimum absolute atomic E-state index is 0. The molecule has 0 aliphatic heterocycles. The third kappa shape index (κ3) is 93.7. The molecule has 43 valence electrons. The summed E-state index contributed by atoms with van der Waals surface area (Å²) in [7, 11) is 0. The van der Waals surface area contributed by atoms with Crippen LogP contribution in [-0.2, 0) is 0 Å². The molecule has 0 saturated heterocycles. The van der Waals surface area contributed by atoms with Gasteiger partial charge in [0.15, 0.2) is 0 Å². The molecule has 0 aromatic rings. The van der Waals surface area contributed by atoms with Crippen LogP contribution in [0.4, 0.5) is 0 Å². The van der Waals surface area contributed by atoms with Crippen molar-refractivity contribution in [3.8, 4) is 0 Å². The van der Waals surface area contributed by atoms with E-state index in [0.29, 0.717) is 0 Å². The van der Waals surface area contributed by atoms with E-state index >= 15 is 0 Å². The van der Waals surface area contributed by atoms with Crippen LogP contribution in [0.5, 0.6) is 0 Å². The average molecular weight is 152 g/mol. The summed E-state index contributed by atoms with van der Waals surface area (Å²) in [6, 6.07) is 0. The summed E-state index contributed by atoms with van der Waals surface area (Å²) in [5.74, 6) is 0. The van der Waals surface area contributed by atoms with E-state index in [-0.39, 0.29) is 82.5 Å². The van der Waals surface area contributed by atoms with E-state index in [4.69, 9.17) is 0 Å². The fourth-order valence-corrected chi connectivity index (χ4v) is 0. The van der Waals surface area contributed by atoms with Crippen LogP contribution in [0.2, 0.25) is 0 Å². The van der Waals surface area contributed by atoms with Gasteiger partial charge in [-0.05, 0) is 0 Å². The molecule has 0 amide bonds. The zero-order chi connectivity index (χ0) is 0. The van der Waals surface area contributed by atoms with Crippen molar-refractivity contribution in [2.45, 2.75) is 0 Å². The molecule has 3 radical (unpaired) electrons. The SMILES string of the molecule is [Al].[Ca+2].[OH-].[OH-].[OH-].[OH-].[OH-]. The Bertz CT molecular complexity index is 8.04. The normalized spacial score (nSPS) is 0. The zero-order valence-corrected chi connectivity index (χ0v) is 6.88. The maximum atomic E-state index is 0. The Morgan fingerprint density at radius 1 is 0.429 bits per heavy atom. The van der Waals surface area contributed by atoms with Crippen molar-refractivity contribution in [2.75, 3.05) is 0 Å². The molecule has 7 heavy (non-hydrogen) atoms. The summed E-state index contributed by atoms with van der Waals surface area (Å²) >= 11 is 0. The molecule has 0 saturated carbocycles. The molecule has 0 fully saturated rings. The monoisotopic (exact) mass is 152 g/mol. The van der Waals surface area contributed by atoms with Gasteiger partial charge in [0.25, 0.3) is 0 Å². The molecule has 0 heterocycles. The first-order chi connectivity index (χ1) is 0. The van der Waals surface area contributed by atoms with E-state index in [9.17, 15) is 0 Å².